The zero-order chi connectivity index (χ0) is 22.7. The van der Waals surface area contributed by atoms with Crippen molar-refractivity contribution in [3.05, 3.63) is 87.9 Å². The van der Waals surface area contributed by atoms with Crippen molar-refractivity contribution in [2.45, 2.75) is 6.92 Å². The molecule has 0 unspecified atom stereocenters. The van der Waals surface area contributed by atoms with E-state index in [4.69, 9.17) is 9.72 Å². The third kappa shape index (κ3) is 4.63. The predicted molar refractivity (Wildman–Crippen MR) is 129 cm³/mol. The van der Waals surface area contributed by atoms with Crippen LogP contribution in [0.2, 0.25) is 0 Å². The fraction of sp³-hybridized carbons (Fsp3) is 0.0800. The van der Waals surface area contributed by atoms with E-state index in [0.29, 0.717) is 22.6 Å². The van der Waals surface area contributed by atoms with Crippen LogP contribution in [0.4, 0.5) is 0 Å². The summed E-state index contributed by atoms with van der Waals surface area (Å²) in [5.74, 6) is 0.0196. The molecule has 4 aromatic rings. The van der Waals surface area contributed by atoms with E-state index in [9.17, 15) is 9.90 Å². The van der Waals surface area contributed by atoms with Crippen molar-refractivity contribution in [1.29, 1.82) is 0 Å². The fourth-order valence-electron chi connectivity index (χ4n) is 3.30. The summed E-state index contributed by atoms with van der Waals surface area (Å²) in [6, 6.07) is 20.2. The maximum absolute atomic E-state index is 13.1. The number of halogens is 1. The first-order valence-electron chi connectivity index (χ1n) is 9.82. The van der Waals surface area contributed by atoms with E-state index in [1.54, 1.807) is 18.2 Å². The molecular weight excluding hydrogens is 470 g/mol. The second kappa shape index (κ2) is 9.20. The highest BCUT2D eigenvalue weighted by Gasteiger charge is 2.14. The van der Waals surface area contributed by atoms with Gasteiger partial charge in [-0.05, 0) is 61.0 Å². The van der Waals surface area contributed by atoms with E-state index in [-0.39, 0.29) is 11.7 Å². The first-order chi connectivity index (χ1) is 15.4. The molecule has 0 bridgehead atoms. The Morgan fingerprint density at radius 3 is 2.62 bits per heavy atom. The van der Waals surface area contributed by atoms with Gasteiger partial charge in [-0.1, -0.05) is 39.7 Å². The number of carbonyl (C=O) groups is 1. The quantitative estimate of drug-likeness (QED) is 0.288. The van der Waals surface area contributed by atoms with Gasteiger partial charge in [-0.15, -0.1) is 0 Å². The Balaban J connectivity index is 1.68. The standard InChI is InChI=1S/C25H20BrN3O3/c1-15-3-9-21-19(11-15)20(13-22(28-21)17-5-7-18(26)8-6-17)25(31)29-27-14-16-4-10-23(30)24(12-16)32-2/h3-14,30H,1-2H3,(H,29,31)/b27-14+. The number of aromatic hydroxyl groups is 1. The molecule has 0 saturated carbocycles. The lowest BCUT2D eigenvalue weighted by Crippen LogP contribution is -2.18. The van der Waals surface area contributed by atoms with Crippen LogP contribution in [0, 0.1) is 6.92 Å². The smallest absolute Gasteiger partial charge is 0.272 e. The number of fused-ring (bicyclic) bond motifs is 1. The topological polar surface area (TPSA) is 83.8 Å². The fourth-order valence-corrected chi connectivity index (χ4v) is 3.56. The van der Waals surface area contributed by atoms with Crippen LogP contribution in [-0.4, -0.2) is 29.3 Å². The lowest BCUT2D eigenvalue weighted by molar-refractivity contribution is 0.0956. The lowest BCUT2D eigenvalue weighted by Gasteiger charge is -2.10. The maximum atomic E-state index is 13.1. The van der Waals surface area contributed by atoms with Gasteiger partial charge in [0, 0.05) is 15.4 Å². The first kappa shape index (κ1) is 21.5. The number of aromatic nitrogens is 1. The van der Waals surface area contributed by atoms with E-state index in [1.165, 1.54) is 19.4 Å². The molecule has 4 rings (SSSR count). The van der Waals surface area contributed by atoms with Crippen LogP contribution in [0.3, 0.4) is 0 Å². The molecule has 0 aliphatic carbocycles. The summed E-state index contributed by atoms with van der Waals surface area (Å²) in [7, 11) is 1.47. The van der Waals surface area contributed by atoms with Crippen LogP contribution in [0.25, 0.3) is 22.2 Å². The Morgan fingerprint density at radius 2 is 1.88 bits per heavy atom. The summed E-state index contributed by atoms with van der Waals surface area (Å²) in [5, 5.41) is 14.5. The number of ether oxygens (including phenoxy) is 1. The van der Waals surface area contributed by atoms with Crippen molar-refractivity contribution in [2.75, 3.05) is 7.11 Å². The molecule has 160 valence electrons. The molecule has 6 nitrogen and oxygen atoms in total. The number of hydrazone groups is 1. The van der Waals surface area contributed by atoms with E-state index in [1.807, 2.05) is 49.4 Å². The Hall–Kier alpha value is -3.71. The highest BCUT2D eigenvalue weighted by Crippen LogP contribution is 2.27. The minimum absolute atomic E-state index is 0.0350. The number of phenolic OH excluding ortho intramolecular Hbond substituents is 1. The average Bonchev–Trinajstić information content (AvgIpc) is 2.80. The number of nitrogens with one attached hydrogen (secondary N) is 1. The number of amides is 1. The third-order valence-electron chi connectivity index (χ3n) is 4.93. The number of hydrogen-bond acceptors (Lipinski definition) is 5. The molecule has 1 aromatic heterocycles. The number of hydrogen-bond donors (Lipinski definition) is 2. The van der Waals surface area contributed by atoms with Gasteiger partial charge >= 0.3 is 0 Å². The van der Waals surface area contributed by atoms with Gasteiger partial charge in [-0.3, -0.25) is 4.79 Å². The number of carbonyl (C=O) groups excluding carboxylic acids is 1. The number of benzene rings is 3. The molecule has 0 radical (unpaired) electrons. The van der Waals surface area contributed by atoms with Gasteiger partial charge in [0.2, 0.25) is 0 Å². The lowest BCUT2D eigenvalue weighted by atomic mass is 10.0. The van der Waals surface area contributed by atoms with Crippen LogP contribution in [0.5, 0.6) is 11.5 Å². The molecule has 2 N–H and O–H groups in total. The second-order valence-electron chi connectivity index (χ2n) is 7.21. The zero-order valence-corrected chi connectivity index (χ0v) is 19.1. The largest absolute Gasteiger partial charge is 0.504 e. The molecule has 1 heterocycles. The zero-order valence-electron chi connectivity index (χ0n) is 17.5. The van der Waals surface area contributed by atoms with Gasteiger partial charge in [-0.2, -0.15) is 5.10 Å². The molecule has 0 fully saturated rings. The van der Waals surface area contributed by atoms with Crippen LogP contribution >= 0.6 is 15.9 Å². The highest BCUT2D eigenvalue weighted by molar-refractivity contribution is 9.10. The second-order valence-corrected chi connectivity index (χ2v) is 8.13. The summed E-state index contributed by atoms with van der Waals surface area (Å²) in [6.07, 6.45) is 1.49. The predicted octanol–water partition coefficient (Wildman–Crippen LogP) is 5.45. The molecule has 0 aliphatic rings. The van der Waals surface area contributed by atoms with Crippen LogP contribution < -0.4 is 10.2 Å². The normalized spacial score (nSPS) is 11.1. The van der Waals surface area contributed by atoms with E-state index in [0.717, 1.165) is 26.5 Å². The molecule has 3 aromatic carbocycles. The molecular formula is C25H20BrN3O3. The van der Waals surface area contributed by atoms with E-state index < -0.39 is 0 Å². The van der Waals surface area contributed by atoms with Crippen molar-refractivity contribution >= 4 is 39.0 Å². The molecule has 32 heavy (non-hydrogen) atoms. The van der Waals surface area contributed by atoms with E-state index in [2.05, 4.69) is 26.5 Å². The number of methoxy groups -OCH3 is 1. The summed E-state index contributed by atoms with van der Waals surface area (Å²) < 4.78 is 6.06. The number of phenols is 1. The molecule has 0 saturated heterocycles. The molecule has 7 heteroatoms. The summed E-state index contributed by atoms with van der Waals surface area (Å²) >= 11 is 3.44. The van der Waals surface area contributed by atoms with Gasteiger partial charge in [-0.25, -0.2) is 10.4 Å². The minimum atomic E-state index is -0.344. The Bertz CT molecular complexity index is 1330. The maximum Gasteiger partial charge on any atom is 0.272 e. The SMILES string of the molecule is COc1cc(/C=N/NC(=O)c2cc(-c3ccc(Br)cc3)nc3ccc(C)cc23)ccc1O. The van der Waals surface area contributed by atoms with Gasteiger partial charge in [0.25, 0.3) is 5.91 Å². The van der Waals surface area contributed by atoms with Crippen molar-refractivity contribution in [3.8, 4) is 22.8 Å². The number of aryl methyl sites for hydroxylation is 1. The van der Waals surface area contributed by atoms with Crippen LogP contribution in [0.1, 0.15) is 21.5 Å². The van der Waals surface area contributed by atoms with Gasteiger partial charge in [0.1, 0.15) is 0 Å². The van der Waals surface area contributed by atoms with Crippen molar-refractivity contribution in [3.63, 3.8) is 0 Å². The van der Waals surface area contributed by atoms with Crippen molar-refractivity contribution in [2.24, 2.45) is 5.10 Å². The summed E-state index contributed by atoms with van der Waals surface area (Å²) in [5.41, 5.74) is 7.12. The molecule has 0 spiro atoms. The summed E-state index contributed by atoms with van der Waals surface area (Å²) in [4.78, 5) is 17.8. The van der Waals surface area contributed by atoms with Crippen LogP contribution in [0.15, 0.2) is 76.3 Å². The molecule has 0 aliphatic heterocycles. The van der Waals surface area contributed by atoms with Gasteiger partial charge in [0.15, 0.2) is 11.5 Å². The molecule has 0 atom stereocenters. The molecule has 1 amide bonds. The highest BCUT2D eigenvalue weighted by atomic mass is 79.9. The number of rotatable bonds is 5. The third-order valence-corrected chi connectivity index (χ3v) is 5.46. The van der Waals surface area contributed by atoms with E-state index >= 15 is 0 Å². The Labute approximate surface area is 193 Å². The van der Waals surface area contributed by atoms with Gasteiger partial charge < -0.3 is 9.84 Å². The van der Waals surface area contributed by atoms with Crippen molar-refractivity contribution in [1.82, 2.24) is 10.4 Å². The van der Waals surface area contributed by atoms with Crippen LogP contribution in [-0.2, 0) is 0 Å². The number of nitrogens with zero attached hydrogens (tertiary/aromatic N) is 2. The van der Waals surface area contributed by atoms with Gasteiger partial charge in [0.05, 0.1) is 30.1 Å². The number of pyridine rings is 1. The Morgan fingerprint density at radius 1 is 1.09 bits per heavy atom. The monoisotopic (exact) mass is 489 g/mol. The Kier molecular flexibility index (Phi) is 6.18. The minimum Gasteiger partial charge on any atom is -0.504 e. The first-order valence-corrected chi connectivity index (χ1v) is 10.6. The average molecular weight is 490 g/mol. The summed E-state index contributed by atoms with van der Waals surface area (Å²) in [6.45, 7) is 1.97. The van der Waals surface area contributed by atoms with Crippen molar-refractivity contribution < 1.29 is 14.6 Å².